The van der Waals surface area contributed by atoms with Gasteiger partial charge < -0.3 is 10.2 Å². The molecular weight excluding hydrogens is 251 g/mol. The van der Waals surface area contributed by atoms with Crippen LogP contribution in [0.3, 0.4) is 0 Å². The molecule has 20 heavy (non-hydrogen) atoms. The Hall–Kier alpha value is -1.09. The number of nitrogens with one attached hydrogen (secondary N) is 1. The van der Waals surface area contributed by atoms with Crippen LogP contribution < -0.4 is 10.2 Å². The first-order valence-electron chi connectivity index (χ1n) is 7.91. The van der Waals surface area contributed by atoms with E-state index < -0.39 is 0 Å². The fourth-order valence-corrected chi connectivity index (χ4v) is 2.85. The van der Waals surface area contributed by atoms with Crippen LogP contribution in [0.4, 0.5) is 10.1 Å². The van der Waals surface area contributed by atoms with Crippen molar-refractivity contribution in [3.8, 4) is 0 Å². The van der Waals surface area contributed by atoms with E-state index in [1.165, 1.54) is 25.7 Å². The molecule has 1 saturated heterocycles. The monoisotopic (exact) mass is 278 g/mol. The van der Waals surface area contributed by atoms with Crippen LogP contribution in [0.15, 0.2) is 18.2 Å². The highest BCUT2D eigenvalue weighted by Crippen LogP contribution is 2.27. The summed E-state index contributed by atoms with van der Waals surface area (Å²) in [4.78, 5) is 2.24. The maximum Gasteiger partial charge on any atom is 0.146 e. The molecule has 0 aliphatic carbocycles. The molecule has 0 aromatic heterocycles. The summed E-state index contributed by atoms with van der Waals surface area (Å²) in [6.07, 6.45) is 4.89. The van der Waals surface area contributed by atoms with E-state index in [1.54, 1.807) is 6.07 Å². The van der Waals surface area contributed by atoms with Gasteiger partial charge in [0.05, 0.1) is 5.69 Å². The zero-order chi connectivity index (χ0) is 14.4. The Bertz CT molecular complexity index is 409. The van der Waals surface area contributed by atoms with Crippen LogP contribution in [-0.2, 0) is 6.54 Å². The van der Waals surface area contributed by atoms with Gasteiger partial charge in [0.15, 0.2) is 0 Å². The zero-order valence-corrected chi connectivity index (χ0v) is 12.8. The average molecular weight is 278 g/mol. The van der Waals surface area contributed by atoms with Crippen LogP contribution in [0.5, 0.6) is 0 Å². The largest absolute Gasteiger partial charge is 0.369 e. The number of rotatable bonds is 5. The van der Waals surface area contributed by atoms with Gasteiger partial charge in [0.2, 0.25) is 0 Å². The van der Waals surface area contributed by atoms with Crippen molar-refractivity contribution in [1.29, 1.82) is 0 Å². The van der Waals surface area contributed by atoms with E-state index in [2.05, 4.69) is 30.1 Å². The molecule has 1 aliphatic heterocycles. The molecule has 0 saturated carbocycles. The van der Waals surface area contributed by atoms with Crippen LogP contribution in [-0.4, -0.2) is 19.6 Å². The highest BCUT2D eigenvalue weighted by Gasteiger charge is 2.17. The van der Waals surface area contributed by atoms with E-state index in [1.807, 2.05) is 6.07 Å². The van der Waals surface area contributed by atoms with E-state index in [0.717, 1.165) is 37.4 Å². The predicted molar refractivity (Wildman–Crippen MR) is 83.6 cm³/mol. The fraction of sp³-hybridized carbons (Fsp3) is 0.647. The summed E-state index contributed by atoms with van der Waals surface area (Å²) < 4.78 is 14.3. The number of hydrogen-bond donors (Lipinski definition) is 1. The van der Waals surface area contributed by atoms with E-state index in [9.17, 15) is 4.39 Å². The zero-order valence-electron chi connectivity index (χ0n) is 12.8. The molecule has 2 rings (SSSR count). The number of anilines is 1. The first kappa shape index (κ1) is 15.3. The molecule has 3 heteroatoms. The summed E-state index contributed by atoms with van der Waals surface area (Å²) in [6, 6.07) is 5.46. The van der Waals surface area contributed by atoms with Crippen molar-refractivity contribution in [1.82, 2.24) is 5.32 Å². The summed E-state index contributed by atoms with van der Waals surface area (Å²) in [6.45, 7) is 8.07. The highest BCUT2D eigenvalue weighted by molar-refractivity contribution is 5.55. The van der Waals surface area contributed by atoms with Gasteiger partial charge >= 0.3 is 0 Å². The minimum absolute atomic E-state index is 0.0734. The summed E-state index contributed by atoms with van der Waals surface area (Å²) in [7, 11) is 0. The first-order chi connectivity index (χ1) is 9.68. The molecular formula is C17H27FN2. The molecule has 0 bridgehead atoms. The second-order valence-corrected chi connectivity index (χ2v) is 6.17. The van der Waals surface area contributed by atoms with Crippen molar-refractivity contribution in [2.24, 2.45) is 5.92 Å². The third-order valence-electron chi connectivity index (χ3n) is 3.86. The number of hydrogen-bond acceptors (Lipinski definition) is 2. The molecule has 1 aromatic carbocycles. The van der Waals surface area contributed by atoms with Crippen LogP contribution in [0.25, 0.3) is 0 Å². The van der Waals surface area contributed by atoms with Crippen LogP contribution in [0.2, 0.25) is 0 Å². The number of para-hydroxylation sites is 1. The van der Waals surface area contributed by atoms with Crippen LogP contribution >= 0.6 is 0 Å². The van der Waals surface area contributed by atoms with E-state index >= 15 is 0 Å². The van der Waals surface area contributed by atoms with Gasteiger partial charge in [-0.25, -0.2) is 4.39 Å². The van der Waals surface area contributed by atoms with Gasteiger partial charge in [-0.05, 0) is 36.9 Å². The van der Waals surface area contributed by atoms with Gasteiger partial charge in [-0.3, -0.25) is 0 Å². The molecule has 0 amide bonds. The summed E-state index contributed by atoms with van der Waals surface area (Å²) in [5.74, 6) is 0.543. The molecule has 2 nitrogen and oxygen atoms in total. The smallest absolute Gasteiger partial charge is 0.146 e. The van der Waals surface area contributed by atoms with Gasteiger partial charge in [-0.15, -0.1) is 0 Å². The number of benzene rings is 1. The molecule has 1 aliphatic rings. The van der Waals surface area contributed by atoms with E-state index in [-0.39, 0.29) is 5.82 Å². The second kappa shape index (κ2) is 7.63. The molecule has 1 fully saturated rings. The maximum atomic E-state index is 14.3. The maximum absolute atomic E-state index is 14.3. The third kappa shape index (κ3) is 4.20. The van der Waals surface area contributed by atoms with Crippen LogP contribution in [0, 0.1) is 11.7 Å². The van der Waals surface area contributed by atoms with Gasteiger partial charge in [-0.1, -0.05) is 38.8 Å². The Labute approximate surface area is 122 Å². The van der Waals surface area contributed by atoms with Crippen molar-refractivity contribution in [3.05, 3.63) is 29.6 Å². The molecule has 1 aromatic rings. The Kier molecular flexibility index (Phi) is 5.84. The second-order valence-electron chi connectivity index (χ2n) is 6.17. The summed E-state index contributed by atoms with van der Waals surface area (Å²) >= 11 is 0. The van der Waals surface area contributed by atoms with E-state index in [0.29, 0.717) is 5.92 Å². The quantitative estimate of drug-likeness (QED) is 0.877. The lowest BCUT2D eigenvalue weighted by Gasteiger charge is -2.26. The molecule has 1 N–H and O–H groups in total. The van der Waals surface area contributed by atoms with Crippen molar-refractivity contribution >= 4 is 5.69 Å². The van der Waals surface area contributed by atoms with Gasteiger partial charge in [0.25, 0.3) is 0 Å². The molecule has 0 atom stereocenters. The number of nitrogens with zero attached hydrogens (tertiary/aromatic N) is 1. The van der Waals surface area contributed by atoms with E-state index in [4.69, 9.17) is 0 Å². The molecule has 1 heterocycles. The topological polar surface area (TPSA) is 15.3 Å². The average Bonchev–Trinajstić information content (AvgIpc) is 2.67. The Morgan fingerprint density at radius 2 is 1.85 bits per heavy atom. The Balaban J connectivity index is 2.12. The lowest BCUT2D eigenvalue weighted by molar-refractivity contribution is 0.548. The van der Waals surface area contributed by atoms with Gasteiger partial charge in [-0.2, -0.15) is 0 Å². The van der Waals surface area contributed by atoms with Gasteiger partial charge in [0, 0.05) is 19.6 Å². The standard InChI is InChI=1S/C17H27FN2/c1-14(2)12-19-13-15-8-7-9-16(18)17(15)20-10-5-3-4-6-11-20/h7-9,14,19H,3-6,10-13H2,1-2H3. The third-order valence-corrected chi connectivity index (χ3v) is 3.86. The molecule has 0 unspecified atom stereocenters. The minimum Gasteiger partial charge on any atom is -0.369 e. The Morgan fingerprint density at radius 3 is 2.50 bits per heavy atom. The lowest BCUT2D eigenvalue weighted by atomic mass is 10.1. The van der Waals surface area contributed by atoms with Crippen molar-refractivity contribution in [3.63, 3.8) is 0 Å². The van der Waals surface area contributed by atoms with Gasteiger partial charge in [0.1, 0.15) is 5.82 Å². The SMILES string of the molecule is CC(C)CNCc1cccc(F)c1N1CCCCCC1. The highest BCUT2D eigenvalue weighted by atomic mass is 19.1. The predicted octanol–water partition coefficient (Wildman–Crippen LogP) is 3.95. The van der Waals surface area contributed by atoms with Crippen molar-refractivity contribution in [2.75, 3.05) is 24.5 Å². The summed E-state index contributed by atoms with van der Waals surface area (Å²) in [5, 5.41) is 3.43. The minimum atomic E-state index is -0.0734. The fourth-order valence-electron chi connectivity index (χ4n) is 2.85. The first-order valence-corrected chi connectivity index (χ1v) is 7.91. The molecule has 0 radical (unpaired) electrons. The van der Waals surface area contributed by atoms with Crippen LogP contribution in [0.1, 0.15) is 45.1 Å². The number of halogens is 1. The lowest BCUT2D eigenvalue weighted by Crippen LogP contribution is -2.28. The van der Waals surface area contributed by atoms with Crippen molar-refractivity contribution < 1.29 is 4.39 Å². The molecule has 0 spiro atoms. The Morgan fingerprint density at radius 1 is 1.15 bits per heavy atom. The molecule has 112 valence electrons. The normalized spacial score (nSPS) is 16.5. The summed E-state index contributed by atoms with van der Waals surface area (Å²) in [5.41, 5.74) is 1.92. The van der Waals surface area contributed by atoms with Crippen molar-refractivity contribution in [2.45, 2.75) is 46.1 Å².